The van der Waals surface area contributed by atoms with Gasteiger partial charge in [0.25, 0.3) is 0 Å². The number of carbonyl (C=O) groups is 3. The van der Waals surface area contributed by atoms with Gasteiger partial charge in [-0.15, -0.1) is 0 Å². The van der Waals surface area contributed by atoms with Crippen molar-refractivity contribution in [2.75, 3.05) is 39.6 Å². The van der Waals surface area contributed by atoms with Crippen LogP contribution >= 0.6 is 0 Å². The average Bonchev–Trinajstić information content (AvgIpc) is 0.770. The van der Waals surface area contributed by atoms with Crippen molar-refractivity contribution in [1.29, 1.82) is 0 Å². The van der Waals surface area contributed by atoms with Crippen LogP contribution in [-0.2, 0) is 85.4 Å². The van der Waals surface area contributed by atoms with E-state index >= 15 is 0 Å². The Balaban J connectivity index is 1.10. The molecule has 1 unspecified atom stereocenters. The molecule has 8 saturated heterocycles. The Bertz CT molecular complexity index is 2470. The average molecular weight is 1410 g/mol. The minimum Gasteiger partial charge on any atom is -0.394 e. The molecule has 42 heteroatoms. The summed E-state index contributed by atoms with van der Waals surface area (Å²) in [5.74, 6) is -2.60. The van der Waals surface area contributed by atoms with E-state index in [0.717, 1.165) is 20.8 Å². The van der Waals surface area contributed by atoms with Gasteiger partial charge in [-0.25, -0.2) is 0 Å². The lowest BCUT2D eigenvalue weighted by Crippen LogP contribution is -2.71. The highest BCUT2D eigenvalue weighted by Gasteiger charge is 2.60. The van der Waals surface area contributed by atoms with Crippen LogP contribution in [0.2, 0.25) is 0 Å². The highest BCUT2D eigenvalue weighted by molar-refractivity contribution is 5.74. The van der Waals surface area contributed by atoms with Crippen molar-refractivity contribution in [2.45, 2.75) is 280 Å². The fraction of sp³-hybridized carbons (Fsp3) is 0.944. The second-order valence-corrected chi connectivity index (χ2v) is 24.6. The molecule has 0 saturated carbocycles. The van der Waals surface area contributed by atoms with E-state index in [4.69, 9.17) is 71.1 Å². The lowest BCUT2D eigenvalue weighted by atomic mass is 9.93. The molecule has 0 aromatic heterocycles. The zero-order chi connectivity index (χ0) is 70.8. The summed E-state index contributed by atoms with van der Waals surface area (Å²) in [6.45, 7) is -0.446. The number of amides is 3. The Morgan fingerprint density at radius 2 is 0.646 bits per heavy atom. The molecule has 40 atom stereocenters. The SMILES string of the molecule is CC(=O)N[C@H]1[C@H](O[C@H]2[C@H](O)[C@@H](NC(C)=O)C(O)O[C@@H]2CO[C@@H]2O[C@@H](C)[C@@H](O)[C@@H](O)[C@@H]2O)O[C@H](CO)[C@@H](O[C@@H]2O[C@H](CO[C@H]3O[C@H](CO)[C@@H](O)[C@H](O)[C@@H]3O)[C@@H](O)[C@H](O[C@H]3O[C@H](CO)[C@@H](O)[C@H](O)[C@@H]3O[C@@H]3O[C@H](CO)[C@@H](O)[C@H](O[C@@H]4O[C@@H](C)[C@@H](O)[C@@H](O)[C@@H]4O)[C@H]3NC(C)=O)[C@@H]2O)[C@@H]1O. The molecule has 8 rings (SSSR count). The normalized spacial score (nSPS) is 50.3. The fourth-order valence-electron chi connectivity index (χ4n) is 12.4. The van der Waals surface area contributed by atoms with Crippen molar-refractivity contribution in [3.63, 3.8) is 0 Å². The van der Waals surface area contributed by atoms with Crippen LogP contribution in [0.15, 0.2) is 0 Å². The van der Waals surface area contributed by atoms with Gasteiger partial charge >= 0.3 is 0 Å². The Kier molecular flexibility index (Phi) is 27.7. The number of rotatable bonds is 23. The maximum absolute atomic E-state index is 13.0. The first-order valence-corrected chi connectivity index (χ1v) is 30.8. The first kappa shape index (κ1) is 78.7. The molecule has 0 aliphatic carbocycles. The first-order valence-electron chi connectivity index (χ1n) is 30.8. The van der Waals surface area contributed by atoms with E-state index in [0.29, 0.717) is 0 Å². The zero-order valence-corrected chi connectivity index (χ0v) is 52.1. The zero-order valence-electron chi connectivity index (χ0n) is 52.1. The van der Waals surface area contributed by atoms with Gasteiger partial charge in [-0.1, -0.05) is 0 Å². The van der Waals surface area contributed by atoms with Gasteiger partial charge in [0.05, 0.1) is 51.8 Å². The minimum absolute atomic E-state index is 0.791. The Labute approximate surface area is 545 Å². The van der Waals surface area contributed by atoms with Crippen LogP contribution in [0.1, 0.15) is 34.6 Å². The molecule has 24 N–H and O–H groups in total. The van der Waals surface area contributed by atoms with Gasteiger partial charge < -0.3 is 194 Å². The van der Waals surface area contributed by atoms with Gasteiger partial charge in [0.15, 0.2) is 50.3 Å². The highest BCUT2D eigenvalue weighted by atomic mass is 16.8. The first-order chi connectivity index (χ1) is 45.3. The summed E-state index contributed by atoms with van der Waals surface area (Å²) in [4.78, 5) is 38.2. The van der Waals surface area contributed by atoms with Gasteiger partial charge in [-0.3, -0.25) is 14.4 Å². The number of aliphatic hydroxyl groups is 21. The van der Waals surface area contributed by atoms with Crippen LogP contribution in [0.4, 0.5) is 0 Å². The topological polar surface area (TPSA) is 651 Å². The van der Waals surface area contributed by atoms with E-state index in [2.05, 4.69) is 16.0 Å². The molecule has 8 aliphatic heterocycles. The second-order valence-electron chi connectivity index (χ2n) is 24.6. The number of nitrogens with one attached hydrogen (secondary N) is 3. The molecule has 8 aliphatic rings. The van der Waals surface area contributed by atoms with Gasteiger partial charge in [0.1, 0.15) is 183 Å². The Morgan fingerprint density at radius 1 is 0.292 bits per heavy atom. The molecular weight excluding hydrogens is 1310 g/mol. The third-order valence-electron chi connectivity index (χ3n) is 17.7. The highest BCUT2D eigenvalue weighted by Crippen LogP contribution is 2.39. The number of hydrogen-bond acceptors (Lipinski definition) is 39. The van der Waals surface area contributed by atoms with Crippen molar-refractivity contribution in [2.24, 2.45) is 0 Å². The van der Waals surface area contributed by atoms with Crippen molar-refractivity contribution in [3.8, 4) is 0 Å². The second kappa shape index (κ2) is 33.8. The molecule has 0 aromatic rings. The predicted molar refractivity (Wildman–Crippen MR) is 296 cm³/mol. The van der Waals surface area contributed by atoms with Crippen LogP contribution in [0.5, 0.6) is 0 Å². The molecule has 0 spiro atoms. The van der Waals surface area contributed by atoms with Crippen LogP contribution in [0.25, 0.3) is 0 Å². The smallest absolute Gasteiger partial charge is 0.217 e. The van der Waals surface area contributed by atoms with Gasteiger partial charge in [-0.05, 0) is 13.8 Å². The van der Waals surface area contributed by atoms with Crippen molar-refractivity contribution in [3.05, 3.63) is 0 Å². The summed E-state index contributed by atoms with van der Waals surface area (Å²) < 4.78 is 88.1. The van der Waals surface area contributed by atoms with E-state index in [1.807, 2.05) is 0 Å². The third-order valence-corrected chi connectivity index (χ3v) is 17.7. The van der Waals surface area contributed by atoms with E-state index in [-0.39, 0.29) is 0 Å². The third kappa shape index (κ3) is 17.2. The van der Waals surface area contributed by atoms with Crippen LogP contribution in [-0.4, -0.2) is 410 Å². The number of aliphatic hydroxyl groups excluding tert-OH is 21. The van der Waals surface area contributed by atoms with E-state index in [1.165, 1.54) is 13.8 Å². The molecule has 96 heavy (non-hydrogen) atoms. The number of carbonyl (C=O) groups excluding carboxylic acids is 3. The summed E-state index contributed by atoms with van der Waals surface area (Å²) in [6.07, 6.45) is -71.8. The standard InChI is InChI=1S/C54H91N3O39/c1-12-26(65)34(73)38(77)50(84-12)83-11-22-43(32(71)23(47(81)86-22)55-14(3)62)92-48-24(56-15(4)63)33(72)42(20(9-61)90-48)93-53-41(80)45(31(70)21(91-53)10-82-51-39(78)36(75)28(67)17(6-58)88-51)95-54-46(37(76)29(68)18(7-59)89-54)96-49-25(57-16(5)64)44(30(69)19(8-60)87-49)94-52-40(79)35(74)27(66)13(2)85-52/h12-13,17-54,58-61,65-81H,6-11H2,1-5H3,(H,55,62)(H,56,63)(H,57,64)/t12-,13-,17+,18+,19+,20+,21+,22+,23+,24+,25+,26+,27+,28+,29+,30+,31+,32+,33+,34+,35+,36-,37-,38-,39-,40-,41-,42+,43+,44+,45-,46-,47?,48-,49-,50+,51-,52-,53-,54+/m0/s1. The number of hydrogen-bond donors (Lipinski definition) is 24. The molecule has 0 radical (unpaired) electrons. The van der Waals surface area contributed by atoms with E-state index in [9.17, 15) is 122 Å². The van der Waals surface area contributed by atoms with Gasteiger partial charge in [0, 0.05) is 20.8 Å². The quantitative estimate of drug-likeness (QED) is 0.0452. The maximum atomic E-state index is 13.0. The lowest BCUT2D eigenvalue weighted by molar-refractivity contribution is -0.397. The minimum atomic E-state index is -2.46. The predicted octanol–water partition coefficient (Wildman–Crippen LogP) is -16.0. The monoisotopic (exact) mass is 1410 g/mol. The summed E-state index contributed by atoms with van der Waals surface area (Å²) in [5.41, 5.74) is 0. The van der Waals surface area contributed by atoms with Crippen LogP contribution in [0, 0.1) is 0 Å². The van der Waals surface area contributed by atoms with Crippen molar-refractivity contribution in [1.82, 2.24) is 16.0 Å². The molecular formula is C54H91N3O39. The Morgan fingerprint density at radius 3 is 1.21 bits per heavy atom. The van der Waals surface area contributed by atoms with Crippen molar-refractivity contribution < 1.29 is 193 Å². The van der Waals surface area contributed by atoms with Crippen LogP contribution < -0.4 is 16.0 Å². The molecule has 556 valence electrons. The molecule has 8 heterocycles. The van der Waals surface area contributed by atoms with E-state index < -0.39 is 303 Å². The molecule has 0 bridgehead atoms. The van der Waals surface area contributed by atoms with Gasteiger partial charge in [-0.2, -0.15) is 0 Å². The molecule has 8 fully saturated rings. The number of ether oxygens (including phenoxy) is 15. The largest absolute Gasteiger partial charge is 0.394 e. The Hall–Kier alpha value is -3.03. The van der Waals surface area contributed by atoms with Gasteiger partial charge in [0.2, 0.25) is 17.7 Å². The molecule has 3 amide bonds. The van der Waals surface area contributed by atoms with Crippen molar-refractivity contribution >= 4 is 17.7 Å². The van der Waals surface area contributed by atoms with E-state index in [1.54, 1.807) is 0 Å². The maximum Gasteiger partial charge on any atom is 0.217 e. The lowest BCUT2D eigenvalue weighted by Gasteiger charge is -2.51. The molecule has 0 aromatic carbocycles. The molecule has 42 nitrogen and oxygen atoms in total. The summed E-state index contributed by atoms with van der Waals surface area (Å²) in [7, 11) is 0. The summed E-state index contributed by atoms with van der Waals surface area (Å²) in [6, 6.07) is -5.41. The summed E-state index contributed by atoms with van der Waals surface area (Å²) in [5, 5.41) is 238. The fourth-order valence-corrected chi connectivity index (χ4v) is 12.4. The van der Waals surface area contributed by atoms with Crippen LogP contribution in [0.3, 0.4) is 0 Å². The summed E-state index contributed by atoms with van der Waals surface area (Å²) >= 11 is 0.